The Hall–Kier alpha value is -2.54. The van der Waals surface area contributed by atoms with Crippen LogP contribution in [0.1, 0.15) is 11.1 Å². The van der Waals surface area contributed by atoms with Crippen molar-refractivity contribution < 1.29 is 23.5 Å². The Balaban J connectivity index is 2.11. The molecule has 0 saturated heterocycles. The molecule has 0 aliphatic rings. The molecule has 1 N–H and O–H groups in total. The van der Waals surface area contributed by atoms with Crippen molar-refractivity contribution in [1.82, 2.24) is 0 Å². The highest BCUT2D eigenvalue weighted by atomic mass is 19.1. The number of nitro groups is 1. The molecule has 0 saturated carbocycles. The van der Waals surface area contributed by atoms with Crippen molar-refractivity contribution in [1.29, 1.82) is 0 Å². The van der Waals surface area contributed by atoms with Crippen LogP contribution in [0.15, 0.2) is 36.4 Å². The molecule has 0 spiro atoms. The third-order valence-electron chi connectivity index (χ3n) is 2.73. The van der Waals surface area contributed by atoms with Crippen LogP contribution in [0.5, 0.6) is 5.75 Å². The number of aliphatic hydroxyl groups is 1. The summed E-state index contributed by atoms with van der Waals surface area (Å²) in [6.45, 7) is -0.413. The molecule has 0 aromatic heterocycles. The summed E-state index contributed by atoms with van der Waals surface area (Å²) in [5.41, 5.74) is 0.0971. The third-order valence-corrected chi connectivity index (χ3v) is 2.73. The highest BCUT2D eigenvalue weighted by Crippen LogP contribution is 2.21. The van der Waals surface area contributed by atoms with E-state index in [4.69, 9.17) is 9.84 Å². The molecule has 0 heterocycles. The normalized spacial score (nSPS) is 10.4. The van der Waals surface area contributed by atoms with E-state index in [1.807, 2.05) is 0 Å². The van der Waals surface area contributed by atoms with Gasteiger partial charge in [-0.2, -0.15) is 4.39 Å². The van der Waals surface area contributed by atoms with E-state index in [1.165, 1.54) is 18.2 Å². The van der Waals surface area contributed by atoms with Gasteiger partial charge in [-0.15, -0.1) is 0 Å². The zero-order valence-corrected chi connectivity index (χ0v) is 10.8. The van der Waals surface area contributed by atoms with Gasteiger partial charge in [-0.1, -0.05) is 0 Å². The highest BCUT2D eigenvalue weighted by Gasteiger charge is 2.13. The number of ether oxygens (including phenoxy) is 1. The molecular formula is C14H11F2NO4. The minimum absolute atomic E-state index is 0.0801. The molecule has 0 unspecified atom stereocenters. The lowest BCUT2D eigenvalue weighted by Gasteiger charge is -2.08. The average molecular weight is 295 g/mol. The number of halogens is 2. The van der Waals surface area contributed by atoms with E-state index in [0.29, 0.717) is 11.1 Å². The Bertz CT molecular complexity index is 676. The molecule has 21 heavy (non-hydrogen) atoms. The van der Waals surface area contributed by atoms with Gasteiger partial charge in [0.1, 0.15) is 18.2 Å². The largest absolute Gasteiger partial charge is 0.489 e. The van der Waals surface area contributed by atoms with Crippen molar-refractivity contribution in [2.24, 2.45) is 0 Å². The van der Waals surface area contributed by atoms with Gasteiger partial charge >= 0.3 is 5.69 Å². The van der Waals surface area contributed by atoms with Crippen LogP contribution >= 0.6 is 0 Å². The summed E-state index contributed by atoms with van der Waals surface area (Å²) in [7, 11) is 0. The number of benzene rings is 2. The average Bonchev–Trinajstić information content (AvgIpc) is 2.44. The highest BCUT2D eigenvalue weighted by molar-refractivity contribution is 5.35. The SMILES string of the molecule is O=[N+]([O-])c1ccc(COc2cc(F)cc(CO)c2)cc1F. The van der Waals surface area contributed by atoms with Crippen LogP contribution < -0.4 is 4.74 Å². The van der Waals surface area contributed by atoms with Gasteiger partial charge in [-0.3, -0.25) is 10.1 Å². The number of nitro benzene ring substituents is 1. The lowest BCUT2D eigenvalue weighted by Crippen LogP contribution is -1.99. The van der Waals surface area contributed by atoms with Crippen LogP contribution in [0.25, 0.3) is 0 Å². The molecule has 5 nitrogen and oxygen atoms in total. The predicted octanol–water partition coefficient (Wildman–Crippen LogP) is 2.94. The van der Waals surface area contributed by atoms with Crippen LogP contribution in [0.3, 0.4) is 0 Å². The number of nitrogens with zero attached hydrogens (tertiary/aromatic N) is 1. The molecule has 2 aromatic carbocycles. The Morgan fingerprint density at radius 3 is 2.52 bits per heavy atom. The quantitative estimate of drug-likeness (QED) is 0.680. The Labute approximate surface area is 118 Å². The minimum atomic E-state index is -0.962. The molecule has 0 bridgehead atoms. The molecule has 0 fully saturated rings. The molecule has 110 valence electrons. The van der Waals surface area contributed by atoms with Crippen molar-refractivity contribution in [3.8, 4) is 5.75 Å². The van der Waals surface area contributed by atoms with Crippen LogP contribution in [0, 0.1) is 21.7 Å². The monoisotopic (exact) mass is 295 g/mol. The number of aliphatic hydroxyl groups excluding tert-OH is 1. The summed E-state index contributed by atoms with van der Waals surface area (Å²) in [5, 5.41) is 19.4. The van der Waals surface area contributed by atoms with Crippen LogP contribution in [-0.2, 0) is 13.2 Å². The minimum Gasteiger partial charge on any atom is -0.489 e. The molecule has 0 aliphatic carbocycles. The van der Waals surface area contributed by atoms with E-state index in [9.17, 15) is 18.9 Å². The summed E-state index contributed by atoms with van der Waals surface area (Å²) in [6.07, 6.45) is 0. The summed E-state index contributed by atoms with van der Waals surface area (Å²) in [5.74, 6) is -1.35. The van der Waals surface area contributed by atoms with Crippen LogP contribution in [0.4, 0.5) is 14.5 Å². The second-order valence-corrected chi connectivity index (χ2v) is 4.28. The van der Waals surface area contributed by atoms with Gasteiger partial charge < -0.3 is 9.84 Å². The van der Waals surface area contributed by atoms with Gasteiger partial charge in [-0.05, 0) is 35.4 Å². The summed E-state index contributed by atoms with van der Waals surface area (Å²) < 4.78 is 31.9. The molecule has 0 radical (unpaired) electrons. The van der Waals surface area contributed by atoms with Gasteiger partial charge in [0.15, 0.2) is 0 Å². The van der Waals surface area contributed by atoms with E-state index >= 15 is 0 Å². The fourth-order valence-corrected chi connectivity index (χ4v) is 1.75. The smallest absolute Gasteiger partial charge is 0.304 e. The van der Waals surface area contributed by atoms with E-state index in [1.54, 1.807) is 0 Å². The van der Waals surface area contributed by atoms with Crippen molar-refractivity contribution in [2.45, 2.75) is 13.2 Å². The van der Waals surface area contributed by atoms with Crippen molar-refractivity contribution in [3.05, 3.63) is 69.3 Å². The zero-order valence-electron chi connectivity index (χ0n) is 10.8. The summed E-state index contributed by atoms with van der Waals surface area (Å²) in [6, 6.07) is 7.13. The van der Waals surface area contributed by atoms with Gasteiger partial charge in [-0.25, -0.2) is 4.39 Å². The van der Waals surface area contributed by atoms with E-state index in [2.05, 4.69) is 0 Å². The first kappa shape index (κ1) is 14.9. The summed E-state index contributed by atoms with van der Waals surface area (Å²) in [4.78, 5) is 9.67. The van der Waals surface area contributed by atoms with Gasteiger partial charge in [0, 0.05) is 12.1 Å². The second kappa shape index (κ2) is 6.27. The first-order valence-corrected chi connectivity index (χ1v) is 5.95. The molecule has 7 heteroatoms. The van der Waals surface area contributed by atoms with Crippen molar-refractivity contribution in [3.63, 3.8) is 0 Å². The summed E-state index contributed by atoms with van der Waals surface area (Å²) >= 11 is 0. The van der Waals surface area contributed by atoms with Gasteiger partial charge in [0.05, 0.1) is 11.5 Å². The van der Waals surface area contributed by atoms with Gasteiger partial charge in [0.25, 0.3) is 0 Å². The van der Waals surface area contributed by atoms with Crippen molar-refractivity contribution in [2.75, 3.05) is 0 Å². The standard InChI is InChI=1S/C14H11F2NO4/c15-11-3-10(7-18)4-12(6-11)21-8-9-1-2-14(17(19)20)13(16)5-9/h1-6,18H,7-8H2. The van der Waals surface area contributed by atoms with Crippen molar-refractivity contribution >= 4 is 5.69 Å². The van der Waals surface area contributed by atoms with E-state index in [0.717, 1.165) is 18.2 Å². The molecule has 2 aromatic rings. The van der Waals surface area contributed by atoms with Crippen LogP contribution in [0.2, 0.25) is 0 Å². The number of hydrogen-bond acceptors (Lipinski definition) is 4. The van der Waals surface area contributed by atoms with Gasteiger partial charge in [0.2, 0.25) is 5.82 Å². The third kappa shape index (κ3) is 3.73. The maximum Gasteiger partial charge on any atom is 0.304 e. The maximum absolute atomic E-state index is 13.4. The number of rotatable bonds is 5. The second-order valence-electron chi connectivity index (χ2n) is 4.28. The zero-order chi connectivity index (χ0) is 15.4. The topological polar surface area (TPSA) is 72.6 Å². The van der Waals surface area contributed by atoms with Crippen LogP contribution in [-0.4, -0.2) is 10.0 Å². The molecule has 2 rings (SSSR count). The molecule has 0 aliphatic heterocycles. The van der Waals surface area contributed by atoms with E-state index in [-0.39, 0.29) is 19.0 Å². The molecule has 0 amide bonds. The Morgan fingerprint density at radius 2 is 1.90 bits per heavy atom. The number of hydrogen-bond donors (Lipinski definition) is 1. The van der Waals surface area contributed by atoms with E-state index < -0.39 is 22.2 Å². The molecular weight excluding hydrogens is 284 g/mol. The fourth-order valence-electron chi connectivity index (χ4n) is 1.75. The lowest BCUT2D eigenvalue weighted by atomic mass is 10.2. The first-order valence-electron chi connectivity index (χ1n) is 5.95. The predicted molar refractivity (Wildman–Crippen MR) is 69.7 cm³/mol. The first-order chi connectivity index (χ1) is 9.99. The fraction of sp³-hybridized carbons (Fsp3) is 0.143. The Kier molecular flexibility index (Phi) is 4.44. The maximum atomic E-state index is 13.4. The lowest BCUT2D eigenvalue weighted by molar-refractivity contribution is -0.387. The Morgan fingerprint density at radius 1 is 1.14 bits per heavy atom. The molecule has 0 atom stereocenters.